The first kappa shape index (κ1) is 53.1. The molecule has 3 N–H and O–H groups in total. The molecule has 1 unspecified atom stereocenters. The Balaban J connectivity index is 4.35. The number of allylic oxidation sites excluding steroid dienone is 4. The third-order valence-corrected chi connectivity index (χ3v) is 10.2. The second-order valence-corrected chi connectivity index (χ2v) is 16.7. The number of aliphatic hydroxyl groups is 2. The van der Waals surface area contributed by atoms with Crippen molar-refractivity contribution < 1.29 is 52.6 Å². The van der Waals surface area contributed by atoms with Gasteiger partial charge in [0.15, 0.2) is 11.9 Å². The number of phosphoric acid groups is 1. The summed E-state index contributed by atoms with van der Waals surface area (Å²) in [6.07, 6.45) is 31.3. The predicted octanol–water partition coefficient (Wildman–Crippen LogP) is 10.4. The van der Waals surface area contributed by atoms with Gasteiger partial charge in [-0.15, -0.1) is 0 Å². The molecule has 0 amide bonds. The summed E-state index contributed by atoms with van der Waals surface area (Å²) in [5.74, 6) is -0.00678. The first-order valence-electron chi connectivity index (χ1n) is 21.6. The molecule has 0 aliphatic heterocycles. The van der Waals surface area contributed by atoms with Gasteiger partial charge in [-0.25, -0.2) is 4.57 Å². The van der Waals surface area contributed by atoms with Crippen molar-refractivity contribution in [2.75, 3.05) is 26.4 Å². The van der Waals surface area contributed by atoms with Crippen LogP contribution in [0.4, 0.5) is 0 Å². The smallest absolute Gasteiger partial charge is 0.462 e. The first-order valence-corrected chi connectivity index (χ1v) is 23.1. The topological polar surface area (TPSA) is 166 Å². The van der Waals surface area contributed by atoms with Crippen LogP contribution < -0.4 is 0 Å². The van der Waals surface area contributed by atoms with Crippen molar-refractivity contribution in [3.63, 3.8) is 0 Å². The van der Waals surface area contributed by atoms with E-state index >= 15 is 0 Å². The molecular weight excluding hydrogens is 723 g/mol. The molecule has 3 atom stereocenters. The van der Waals surface area contributed by atoms with Crippen molar-refractivity contribution in [1.29, 1.82) is 0 Å². The van der Waals surface area contributed by atoms with Crippen LogP contribution in [0.1, 0.15) is 188 Å². The monoisotopic (exact) mass is 803 g/mol. The molecule has 12 heteroatoms. The minimum atomic E-state index is -4.64. The number of ketones is 1. The van der Waals surface area contributed by atoms with E-state index in [-0.39, 0.29) is 25.2 Å². The number of ether oxygens (including phenoxy) is 2. The first-order chi connectivity index (χ1) is 26.5. The molecule has 11 nitrogen and oxygen atoms in total. The van der Waals surface area contributed by atoms with Gasteiger partial charge in [-0.05, 0) is 44.1 Å². The van der Waals surface area contributed by atoms with Gasteiger partial charge < -0.3 is 24.6 Å². The molecule has 0 aromatic heterocycles. The lowest BCUT2D eigenvalue weighted by Crippen LogP contribution is -2.29. The van der Waals surface area contributed by atoms with Crippen LogP contribution >= 0.6 is 7.82 Å². The number of rotatable bonds is 40. The molecule has 0 aromatic carbocycles. The number of hydrogen-bond acceptors (Lipinski definition) is 10. The molecule has 0 fully saturated rings. The molecule has 0 radical (unpaired) electrons. The normalized spacial score (nSPS) is 14.1. The number of carbonyl (C=O) groups is 3. The van der Waals surface area contributed by atoms with Crippen LogP contribution in [0, 0.1) is 5.92 Å². The van der Waals surface area contributed by atoms with Crippen molar-refractivity contribution in [2.24, 2.45) is 5.92 Å². The zero-order valence-corrected chi connectivity index (χ0v) is 35.7. The van der Waals surface area contributed by atoms with Gasteiger partial charge >= 0.3 is 19.8 Å². The van der Waals surface area contributed by atoms with Crippen molar-refractivity contribution in [3.05, 3.63) is 24.3 Å². The Hall–Kier alpha value is -1.88. The Kier molecular flexibility index (Phi) is 36.4. The van der Waals surface area contributed by atoms with E-state index in [0.29, 0.717) is 19.3 Å². The summed E-state index contributed by atoms with van der Waals surface area (Å²) in [6, 6.07) is 0. The van der Waals surface area contributed by atoms with Gasteiger partial charge in [-0.2, -0.15) is 0 Å². The van der Waals surface area contributed by atoms with Crippen LogP contribution in [0.15, 0.2) is 24.3 Å². The standard InChI is InChI=1S/C43H79O11P/c1-4-5-24-30-39(45)31-26-21-17-13-11-15-19-23-28-33-43(48)54-41(37-53-55(49,50)52-35-40(46)34-44)36-51-42(47)32-27-22-18-14-10-8-6-7-9-12-16-20-25-29-38(2)3/h17,21,26,31,38,40-41,44,46H,4-16,18-20,22-25,27-30,32-37H2,1-3H3,(H,49,50)/b21-17-,31-26+/t40-,41+/m0/s1. The molecular formula is C43H79O11P. The average Bonchev–Trinajstić information content (AvgIpc) is 3.15. The number of esters is 2. The van der Waals surface area contributed by atoms with Gasteiger partial charge in [0.25, 0.3) is 0 Å². The van der Waals surface area contributed by atoms with Gasteiger partial charge in [0, 0.05) is 19.3 Å². The highest BCUT2D eigenvalue weighted by atomic mass is 31.2. The summed E-state index contributed by atoms with van der Waals surface area (Å²) in [6.45, 7) is 4.51. The maximum Gasteiger partial charge on any atom is 0.472 e. The summed E-state index contributed by atoms with van der Waals surface area (Å²) in [5, 5.41) is 18.3. The number of unbranched alkanes of at least 4 members (excludes halogenated alkanes) is 19. The molecule has 0 aromatic rings. The second kappa shape index (κ2) is 37.7. The fraction of sp³-hybridized carbons (Fsp3) is 0.837. The Morgan fingerprint density at radius 3 is 1.71 bits per heavy atom. The lowest BCUT2D eigenvalue weighted by molar-refractivity contribution is -0.161. The van der Waals surface area contributed by atoms with Gasteiger partial charge in [0.05, 0.1) is 19.8 Å². The molecule has 0 bridgehead atoms. The van der Waals surface area contributed by atoms with Gasteiger partial charge in [0.1, 0.15) is 12.7 Å². The van der Waals surface area contributed by atoms with Gasteiger partial charge in [0.2, 0.25) is 0 Å². The highest BCUT2D eigenvalue weighted by molar-refractivity contribution is 7.47. The molecule has 0 aliphatic carbocycles. The van der Waals surface area contributed by atoms with Gasteiger partial charge in [-0.3, -0.25) is 23.4 Å². The Morgan fingerprint density at radius 2 is 1.15 bits per heavy atom. The molecule has 322 valence electrons. The van der Waals surface area contributed by atoms with E-state index in [1.165, 1.54) is 64.2 Å². The molecule has 0 saturated carbocycles. The van der Waals surface area contributed by atoms with Gasteiger partial charge in [-0.1, -0.05) is 155 Å². The maximum atomic E-state index is 12.6. The lowest BCUT2D eigenvalue weighted by atomic mass is 10.0. The fourth-order valence-electron chi connectivity index (χ4n) is 5.87. The summed E-state index contributed by atoms with van der Waals surface area (Å²) >= 11 is 0. The van der Waals surface area contributed by atoms with E-state index in [1.807, 2.05) is 12.2 Å². The molecule has 0 rings (SSSR count). The average molecular weight is 803 g/mol. The zero-order chi connectivity index (χ0) is 40.8. The largest absolute Gasteiger partial charge is 0.472 e. The van der Waals surface area contributed by atoms with Crippen molar-refractivity contribution in [1.82, 2.24) is 0 Å². The zero-order valence-electron chi connectivity index (χ0n) is 34.8. The van der Waals surface area contributed by atoms with E-state index in [9.17, 15) is 28.9 Å². The Morgan fingerprint density at radius 1 is 0.636 bits per heavy atom. The number of aliphatic hydroxyl groups excluding tert-OH is 2. The molecule has 0 aliphatic rings. The van der Waals surface area contributed by atoms with Crippen LogP contribution in [0.5, 0.6) is 0 Å². The van der Waals surface area contributed by atoms with Crippen LogP contribution in [-0.2, 0) is 37.5 Å². The van der Waals surface area contributed by atoms with Crippen molar-refractivity contribution >= 4 is 25.5 Å². The van der Waals surface area contributed by atoms with E-state index < -0.39 is 51.8 Å². The highest BCUT2D eigenvalue weighted by Gasteiger charge is 2.27. The molecule has 0 spiro atoms. The minimum absolute atomic E-state index is 0.135. The fourth-order valence-corrected chi connectivity index (χ4v) is 6.65. The quantitative estimate of drug-likeness (QED) is 0.0177. The number of phosphoric ester groups is 1. The Bertz CT molecular complexity index is 1050. The summed E-state index contributed by atoms with van der Waals surface area (Å²) < 4.78 is 32.6. The summed E-state index contributed by atoms with van der Waals surface area (Å²) in [4.78, 5) is 46.7. The number of hydrogen-bond donors (Lipinski definition) is 3. The van der Waals surface area contributed by atoms with E-state index in [0.717, 1.165) is 76.5 Å². The molecule has 0 saturated heterocycles. The lowest BCUT2D eigenvalue weighted by Gasteiger charge is -2.20. The van der Waals surface area contributed by atoms with Crippen molar-refractivity contribution in [2.45, 2.75) is 200 Å². The highest BCUT2D eigenvalue weighted by Crippen LogP contribution is 2.43. The molecule has 55 heavy (non-hydrogen) atoms. The van der Waals surface area contributed by atoms with Crippen LogP contribution in [0.2, 0.25) is 0 Å². The summed E-state index contributed by atoms with van der Waals surface area (Å²) in [7, 11) is -4.64. The third-order valence-electron chi connectivity index (χ3n) is 9.26. The van der Waals surface area contributed by atoms with Crippen LogP contribution in [0.3, 0.4) is 0 Å². The van der Waals surface area contributed by atoms with Crippen LogP contribution in [-0.4, -0.2) is 71.5 Å². The van der Waals surface area contributed by atoms with E-state index in [1.54, 1.807) is 12.2 Å². The van der Waals surface area contributed by atoms with E-state index in [2.05, 4.69) is 25.3 Å². The van der Waals surface area contributed by atoms with Crippen LogP contribution in [0.25, 0.3) is 0 Å². The van der Waals surface area contributed by atoms with Crippen molar-refractivity contribution in [3.8, 4) is 0 Å². The predicted molar refractivity (Wildman–Crippen MR) is 220 cm³/mol. The van der Waals surface area contributed by atoms with E-state index in [4.69, 9.17) is 19.1 Å². The third kappa shape index (κ3) is 38.8. The SMILES string of the molecule is CCCCCC(=O)/C=C/C=C\CCCCCCCC(=O)O[C@H](COC(=O)CCCCCCCCCCCCCCCC(C)C)COP(=O)(O)OC[C@@H](O)CO. The molecule has 0 heterocycles. The number of carbonyl (C=O) groups excluding carboxylic acids is 3. The minimum Gasteiger partial charge on any atom is -0.462 e. The summed E-state index contributed by atoms with van der Waals surface area (Å²) in [5.41, 5.74) is 0. The second-order valence-electron chi connectivity index (χ2n) is 15.2. The Labute approximate surface area is 334 Å². The maximum absolute atomic E-state index is 12.6.